The van der Waals surface area contributed by atoms with E-state index in [1.165, 1.54) is 0 Å². The molecule has 39 heavy (non-hydrogen) atoms. The van der Waals surface area contributed by atoms with E-state index < -0.39 is 11.3 Å². The number of halogens is 1. The monoisotopic (exact) mass is 552 g/mol. The number of benzene rings is 1. The Morgan fingerprint density at radius 1 is 1.26 bits per heavy atom. The van der Waals surface area contributed by atoms with Crippen LogP contribution in [0.25, 0.3) is 11.7 Å². The van der Waals surface area contributed by atoms with Gasteiger partial charge >= 0.3 is 11.8 Å². The average Bonchev–Trinajstić information content (AvgIpc) is 3.40. The number of amides is 1. The van der Waals surface area contributed by atoms with Gasteiger partial charge in [-0.05, 0) is 57.9 Å². The van der Waals surface area contributed by atoms with Crippen molar-refractivity contribution in [2.75, 3.05) is 18.4 Å². The van der Waals surface area contributed by atoms with Crippen molar-refractivity contribution in [1.29, 1.82) is 0 Å². The summed E-state index contributed by atoms with van der Waals surface area (Å²) in [6.45, 7) is 6.61. The van der Waals surface area contributed by atoms with Gasteiger partial charge in [0.15, 0.2) is 11.1 Å². The van der Waals surface area contributed by atoms with Crippen LogP contribution < -0.4 is 21.7 Å². The number of carbonyl (C=O) groups excluding carboxylic acids is 1. The van der Waals surface area contributed by atoms with Crippen LogP contribution >= 0.6 is 11.6 Å². The number of H-pyrrole nitrogens is 2. The number of rotatable bonds is 4. The first-order valence-corrected chi connectivity index (χ1v) is 12.9. The van der Waals surface area contributed by atoms with E-state index in [0.717, 1.165) is 5.69 Å². The maximum Gasteiger partial charge on any atom is 0.410 e. The minimum Gasteiger partial charge on any atom is -0.493 e. The van der Waals surface area contributed by atoms with Crippen molar-refractivity contribution in [3.8, 4) is 5.88 Å². The molecule has 1 fully saturated rings. The maximum absolute atomic E-state index is 12.5. The first-order valence-electron chi connectivity index (χ1n) is 12.5. The largest absolute Gasteiger partial charge is 0.493 e. The van der Waals surface area contributed by atoms with Crippen LogP contribution in [-0.4, -0.2) is 65.4 Å². The van der Waals surface area contributed by atoms with Crippen molar-refractivity contribution >= 4 is 40.9 Å². The van der Waals surface area contributed by atoms with Gasteiger partial charge in [0, 0.05) is 35.1 Å². The highest BCUT2D eigenvalue weighted by Crippen LogP contribution is 2.20. The van der Waals surface area contributed by atoms with Crippen molar-refractivity contribution in [2.45, 2.75) is 45.3 Å². The number of piperidine rings is 1. The minimum atomic E-state index is -0.549. The summed E-state index contributed by atoms with van der Waals surface area (Å²) in [7, 11) is 0. The zero-order chi connectivity index (χ0) is 27.7. The normalized spacial score (nSPS) is 15.7. The van der Waals surface area contributed by atoms with Crippen LogP contribution in [0.1, 0.15) is 39.3 Å². The van der Waals surface area contributed by atoms with E-state index in [1.54, 1.807) is 39.9 Å². The molecule has 0 radical (unpaired) electrons. The fraction of sp³-hybridized carbons (Fsp3) is 0.346. The van der Waals surface area contributed by atoms with Gasteiger partial charge < -0.3 is 25.0 Å². The Labute approximate surface area is 228 Å². The Bertz CT molecular complexity index is 1690. The number of nitrogens with zero attached hydrogens (tertiary/aromatic N) is 5. The zero-order valence-electron chi connectivity index (χ0n) is 21.7. The SMILES string of the molecule is CC(C)(C)OC(=O)N1CCC(N=c2cc(Nc3cccc(Cl)c3)nc3c(=Cc4[nH]c(=O)[nH]c4O)cnn23)CC1. The van der Waals surface area contributed by atoms with Gasteiger partial charge in [-0.15, -0.1) is 0 Å². The summed E-state index contributed by atoms with van der Waals surface area (Å²) in [6.07, 6.45) is 4.17. The standard InChI is InChI=1S/C26H29ClN8O4/c1-26(2,3)39-25(38)34-9-7-17(8-10-34)30-21-13-20(29-18-6-4-5-16(27)12-18)32-22-15(14-28-35(21)22)11-19-23(36)33-24(37)31-19/h4-6,11-14,17,29,36H,7-10H2,1-3H3,(H2,31,33,37). The lowest BCUT2D eigenvalue weighted by Gasteiger charge is -2.32. The molecule has 0 bridgehead atoms. The molecular weight excluding hydrogens is 524 g/mol. The third-order valence-electron chi connectivity index (χ3n) is 6.04. The molecule has 0 unspecified atom stereocenters. The van der Waals surface area contributed by atoms with Crippen LogP contribution in [0.2, 0.25) is 5.02 Å². The predicted molar refractivity (Wildman–Crippen MR) is 146 cm³/mol. The third-order valence-corrected chi connectivity index (χ3v) is 6.28. The number of aromatic hydroxyl groups is 1. The molecule has 0 atom stereocenters. The summed E-state index contributed by atoms with van der Waals surface area (Å²) in [5.41, 5.74) is 0.901. The van der Waals surface area contributed by atoms with Crippen LogP contribution in [0.4, 0.5) is 16.3 Å². The van der Waals surface area contributed by atoms with Crippen molar-refractivity contribution in [3.63, 3.8) is 0 Å². The molecule has 1 amide bonds. The van der Waals surface area contributed by atoms with Crippen molar-refractivity contribution < 1.29 is 14.6 Å². The highest BCUT2D eigenvalue weighted by molar-refractivity contribution is 6.30. The van der Waals surface area contributed by atoms with E-state index in [9.17, 15) is 14.7 Å². The van der Waals surface area contributed by atoms with Gasteiger partial charge in [0.05, 0.1) is 12.2 Å². The number of aromatic amines is 2. The Hall–Kier alpha value is -4.32. The molecule has 1 saturated heterocycles. The van der Waals surface area contributed by atoms with Crippen LogP contribution in [0.15, 0.2) is 46.3 Å². The van der Waals surface area contributed by atoms with E-state index in [-0.39, 0.29) is 23.7 Å². The summed E-state index contributed by atoms with van der Waals surface area (Å²) in [6, 6.07) is 9.00. The van der Waals surface area contributed by atoms with E-state index >= 15 is 0 Å². The quantitative estimate of drug-likeness (QED) is 0.303. The van der Waals surface area contributed by atoms with Crippen molar-refractivity contribution in [1.82, 2.24) is 29.5 Å². The van der Waals surface area contributed by atoms with E-state index in [0.29, 0.717) is 53.1 Å². The average molecular weight is 553 g/mol. The molecule has 0 aliphatic carbocycles. The molecule has 4 N–H and O–H groups in total. The van der Waals surface area contributed by atoms with Crippen LogP contribution in [0.3, 0.4) is 0 Å². The zero-order valence-corrected chi connectivity index (χ0v) is 22.5. The number of nitrogens with one attached hydrogen (secondary N) is 3. The van der Waals surface area contributed by atoms with Crippen molar-refractivity contribution in [3.05, 3.63) is 68.4 Å². The van der Waals surface area contributed by atoms with Gasteiger partial charge in [-0.3, -0.25) is 9.98 Å². The molecule has 1 aliphatic heterocycles. The fourth-order valence-corrected chi connectivity index (χ4v) is 4.46. The summed E-state index contributed by atoms with van der Waals surface area (Å²) in [5.74, 6) is 0.228. The third kappa shape index (κ3) is 6.23. The smallest absolute Gasteiger partial charge is 0.410 e. The molecule has 1 aromatic carbocycles. The number of anilines is 2. The maximum atomic E-state index is 12.5. The minimum absolute atomic E-state index is 0.0463. The molecule has 4 aromatic rings. The second kappa shape index (κ2) is 10.4. The van der Waals surface area contributed by atoms with E-state index in [1.807, 2.05) is 32.9 Å². The Morgan fingerprint density at radius 3 is 2.69 bits per heavy atom. The predicted octanol–water partition coefficient (Wildman–Crippen LogP) is 2.70. The van der Waals surface area contributed by atoms with Gasteiger partial charge in [0.2, 0.25) is 5.88 Å². The molecule has 0 saturated carbocycles. The van der Waals surface area contributed by atoms with Crippen LogP contribution in [0.5, 0.6) is 5.88 Å². The van der Waals surface area contributed by atoms with Gasteiger partial charge in [-0.2, -0.15) is 9.61 Å². The number of imidazole rings is 1. The first kappa shape index (κ1) is 26.3. The molecule has 13 heteroatoms. The summed E-state index contributed by atoms with van der Waals surface area (Å²) >= 11 is 6.16. The van der Waals surface area contributed by atoms with Gasteiger partial charge in [-0.25, -0.2) is 14.6 Å². The number of aromatic nitrogens is 5. The Balaban J connectivity index is 1.51. The van der Waals surface area contributed by atoms with Crippen LogP contribution in [-0.2, 0) is 4.74 Å². The second-order valence-electron chi connectivity index (χ2n) is 10.3. The molecule has 0 spiro atoms. The number of carbonyl (C=O) groups is 1. The highest BCUT2D eigenvalue weighted by Gasteiger charge is 2.26. The molecule has 3 aromatic heterocycles. The van der Waals surface area contributed by atoms with E-state index in [2.05, 4.69) is 20.4 Å². The second-order valence-corrected chi connectivity index (χ2v) is 10.7. The number of likely N-dealkylation sites (tertiary alicyclic amines) is 1. The van der Waals surface area contributed by atoms with Crippen molar-refractivity contribution in [2.24, 2.45) is 4.99 Å². The first-order chi connectivity index (χ1) is 18.5. The number of hydrogen-bond acceptors (Lipinski definition) is 8. The molecule has 5 rings (SSSR count). The van der Waals surface area contributed by atoms with Gasteiger partial charge in [-0.1, -0.05) is 17.7 Å². The topological polar surface area (TPSA) is 153 Å². The molecule has 4 heterocycles. The fourth-order valence-electron chi connectivity index (χ4n) is 4.27. The van der Waals surface area contributed by atoms with Crippen LogP contribution in [0, 0.1) is 0 Å². The molecule has 12 nitrogen and oxygen atoms in total. The molecular formula is C26H29ClN8O4. The number of fused-ring (bicyclic) bond motifs is 1. The van der Waals surface area contributed by atoms with E-state index in [4.69, 9.17) is 26.3 Å². The number of ether oxygens (including phenoxy) is 1. The summed E-state index contributed by atoms with van der Waals surface area (Å²) < 4.78 is 7.11. The Kier molecular flexibility index (Phi) is 7.04. The highest BCUT2D eigenvalue weighted by atomic mass is 35.5. The van der Waals surface area contributed by atoms with Gasteiger partial charge in [0.25, 0.3) is 0 Å². The summed E-state index contributed by atoms with van der Waals surface area (Å²) in [4.78, 5) is 40.3. The lowest BCUT2D eigenvalue weighted by atomic mass is 10.1. The lowest BCUT2D eigenvalue weighted by molar-refractivity contribution is 0.0206. The molecule has 1 aliphatic rings. The summed E-state index contributed by atoms with van der Waals surface area (Å²) in [5, 5.41) is 18.9. The Morgan fingerprint density at radius 2 is 2.03 bits per heavy atom. The lowest BCUT2D eigenvalue weighted by Crippen LogP contribution is -2.43. The van der Waals surface area contributed by atoms with Gasteiger partial charge in [0.1, 0.15) is 17.1 Å². The molecule has 204 valence electrons. The number of hydrogen-bond donors (Lipinski definition) is 4.